The molecule has 0 bridgehead atoms. The maximum atomic E-state index is 15.6. The van der Waals surface area contributed by atoms with Gasteiger partial charge >= 0.3 is 17.8 Å². The van der Waals surface area contributed by atoms with E-state index in [4.69, 9.17) is 0 Å². The maximum absolute atomic E-state index is 15.6. The largest absolute Gasteiger partial charge is 0.380 e. The van der Waals surface area contributed by atoms with Gasteiger partial charge in [0.2, 0.25) is 0 Å². The molecule has 6 rings (SSSR count). The molecule has 0 nitrogen and oxygen atoms in total. The van der Waals surface area contributed by atoms with Gasteiger partial charge in [0.25, 0.3) is 0 Å². The van der Waals surface area contributed by atoms with Gasteiger partial charge in [-0.25, -0.2) is 0 Å². The topological polar surface area (TPSA) is 0 Å². The number of alkyl halides is 6. The van der Waals surface area contributed by atoms with E-state index in [0.29, 0.717) is 30.7 Å². The molecular weight excluding hydrogens is 478 g/mol. The fraction of sp³-hybridized carbons (Fsp3) is 0.360. The minimum atomic E-state index is -5.53. The standard InChI is InChI=1S/C25H18F6S2/c1-11-5-7-13-15(9-11)32-19-20-22(4,14-8-6-12(2)10-16(14)33-20)18-17(21(13,19)3)23(26,27)25(30,31)24(18,28)29/h5-10H,1-4H3. The molecular formula is C25H18F6S2. The van der Waals surface area contributed by atoms with Gasteiger partial charge in [0.1, 0.15) is 0 Å². The minimum absolute atomic E-state index is 0.371. The van der Waals surface area contributed by atoms with Crippen LogP contribution in [0.5, 0.6) is 0 Å². The van der Waals surface area contributed by atoms with Crippen molar-refractivity contribution >= 4 is 23.5 Å². The highest BCUT2D eigenvalue weighted by molar-refractivity contribution is 8.07. The predicted molar refractivity (Wildman–Crippen MR) is 118 cm³/mol. The van der Waals surface area contributed by atoms with Crippen LogP contribution in [0.1, 0.15) is 36.1 Å². The summed E-state index contributed by atoms with van der Waals surface area (Å²) in [6.45, 7) is 6.48. The summed E-state index contributed by atoms with van der Waals surface area (Å²) in [5.74, 6) is -15.6. The Morgan fingerprint density at radius 3 is 1.33 bits per heavy atom. The monoisotopic (exact) mass is 496 g/mol. The number of halogens is 6. The third kappa shape index (κ3) is 2.13. The Bertz CT molecular complexity index is 1260. The second-order valence-electron chi connectivity index (χ2n) is 9.58. The first kappa shape index (κ1) is 21.7. The Morgan fingerprint density at radius 2 is 0.970 bits per heavy atom. The molecule has 0 radical (unpaired) electrons. The number of aryl methyl sites for hydroxylation is 2. The highest BCUT2D eigenvalue weighted by Crippen LogP contribution is 2.77. The van der Waals surface area contributed by atoms with E-state index in [2.05, 4.69) is 0 Å². The van der Waals surface area contributed by atoms with Crippen molar-refractivity contribution in [1.82, 2.24) is 0 Å². The lowest BCUT2D eigenvalue weighted by Gasteiger charge is -2.43. The van der Waals surface area contributed by atoms with E-state index in [1.54, 1.807) is 36.4 Å². The number of benzene rings is 2. The van der Waals surface area contributed by atoms with Gasteiger partial charge in [-0.1, -0.05) is 47.8 Å². The van der Waals surface area contributed by atoms with Crippen molar-refractivity contribution in [2.45, 2.75) is 66.1 Å². The molecule has 2 aromatic rings. The fourth-order valence-corrected chi connectivity index (χ4v) is 9.29. The van der Waals surface area contributed by atoms with Crippen molar-refractivity contribution < 1.29 is 26.3 Å². The summed E-state index contributed by atoms with van der Waals surface area (Å²) in [6.07, 6.45) is 0. The van der Waals surface area contributed by atoms with Crippen LogP contribution >= 0.6 is 23.5 Å². The summed E-state index contributed by atoms with van der Waals surface area (Å²) >= 11 is 2.47. The fourth-order valence-electron chi connectivity index (χ4n) is 5.92. The third-order valence-corrected chi connectivity index (χ3v) is 10.4. The van der Waals surface area contributed by atoms with E-state index >= 15 is 17.6 Å². The van der Waals surface area contributed by atoms with Crippen molar-refractivity contribution in [1.29, 1.82) is 0 Å². The molecule has 8 heteroatoms. The Labute approximate surface area is 195 Å². The molecule has 2 aromatic carbocycles. The second kappa shape index (κ2) is 5.88. The van der Waals surface area contributed by atoms with Crippen molar-refractivity contribution in [2.75, 3.05) is 0 Å². The van der Waals surface area contributed by atoms with Gasteiger partial charge in [0.05, 0.1) is 10.8 Å². The molecule has 0 saturated heterocycles. The van der Waals surface area contributed by atoms with Crippen LogP contribution < -0.4 is 0 Å². The van der Waals surface area contributed by atoms with E-state index in [9.17, 15) is 8.78 Å². The lowest BCUT2D eigenvalue weighted by molar-refractivity contribution is -0.267. The third-order valence-electron chi connectivity index (χ3n) is 7.56. The lowest BCUT2D eigenvalue weighted by atomic mass is 9.61. The van der Waals surface area contributed by atoms with Crippen LogP contribution in [0, 0.1) is 13.8 Å². The quantitative estimate of drug-likeness (QED) is 0.267. The Kier molecular flexibility index (Phi) is 3.87. The molecule has 0 aromatic heterocycles. The van der Waals surface area contributed by atoms with Crippen LogP contribution in [-0.2, 0) is 10.8 Å². The van der Waals surface area contributed by atoms with Crippen LogP contribution in [0.2, 0.25) is 0 Å². The van der Waals surface area contributed by atoms with E-state index in [0.717, 1.165) is 11.1 Å². The zero-order valence-electron chi connectivity index (χ0n) is 18.0. The number of rotatable bonds is 0. The first-order valence-electron chi connectivity index (χ1n) is 10.4. The molecule has 0 saturated carbocycles. The zero-order valence-corrected chi connectivity index (χ0v) is 19.7. The number of allylic oxidation sites excluding steroid dienone is 4. The SMILES string of the molecule is Cc1ccc2c(c1)SC1=C3Sc4cc(C)ccc4C3(C)C3=C(C12C)C(F)(F)C(F)(F)C3(F)F. The number of thioether (sulfide) groups is 2. The molecule has 0 amide bonds. The average Bonchev–Trinajstić information content (AvgIpc) is 3.20. The molecule has 4 aliphatic rings. The second-order valence-corrected chi connectivity index (χ2v) is 11.7. The molecule has 0 fully saturated rings. The van der Waals surface area contributed by atoms with Crippen LogP contribution in [0.25, 0.3) is 0 Å². The van der Waals surface area contributed by atoms with E-state index in [1.165, 1.54) is 37.4 Å². The lowest BCUT2D eigenvalue weighted by Crippen LogP contribution is -2.51. The normalized spacial score (nSPS) is 31.8. The minimum Gasteiger partial charge on any atom is -0.194 e. The number of hydrogen-bond acceptors (Lipinski definition) is 2. The Hall–Kier alpha value is -1.80. The smallest absolute Gasteiger partial charge is 0.194 e. The first-order chi connectivity index (χ1) is 15.2. The van der Waals surface area contributed by atoms with E-state index in [-0.39, 0.29) is 0 Å². The van der Waals surface area contributed by atoms with Crippen LogP contribution in [0.15, 0.2) is 67.1 Å². The van der Waals surface area contributed by atoms with Gasteiger partial charge in [-0.05, 0) is 62.1 Å². The van der Waals surface area contributed by atoms with Crippen LogP contribution in [-0.4, -0.2) is 17.8 Å². The molecule has 2 atom stereocenters. The van der Waals surface area contributed by atoms with Gasteiger partial charge in [-0.2, -0.15) is 26.3 Å². The summed E-state index contributed by atoms with van der Waals surface area (Å²) in [5, 5.41) is 0. The molecule has 0 N–H and O–H groups in total. The molecule has 2 unspecified atom stereocenters. The van der Waals surface area contributed by atoms with E-state index in [1.807, 2.05) is 13.8 Å². The number of hydrogen-bond donors (Lipinski definition) is 0. The summed E-state index contributed by atoms with van der Waals surface area (Å²) in [5.41, 5.74) is -3.34. The van der Waals surface area contributed by atoms with Crippen molar-refractivity contribution in [2.24, 2.45) is 0 Å². The highest BCUT2D eigenvalue weighted by Gasteiger charge is 2.85. The van der Waals surface area contributed by atoms with Gasteiger partial charge in [-0.15, -0.1) is 0 Å². The Morgan fingerprint density at radius 1 is 0.606 bits per heavy atom. The molecule has 2 heterocycles. The maximum Gasteiger partial charge on any atom is 0.380 e. The molecule has 172 valence electrons. The van der Waals surface area contributed by atoms with Crippen molar-refractivity contribution in [3.63, 3.8) is 0 Å². The van der Waals surface area contributed by atoms with Crippen molar-refractivity contribution in [3.8, 4) is 0 Å². The number of fused-ring (bicyclic) bond motifs is 8. The van der Waals surface area contributed by atoms with Crippen LogP contribution in [0.4, 0.5) is 26.3 Å². The Balaban J connectivity index is 1.80. The highest BCUT2D eigenvalue weighted by atomic mass is 32.2. The first-order valence-corrected chi connectivity index (χ1v) is 12.1. The molecule has 33 heavy (non-hydrogen) atoms. The van der Waals surface area contributed by atoms with Gasteiger partial charge in [0.15, 0.2) is 0 Å². The van der Waals surface area contributed by atoms with E-state index < -0.39 is 39.7 Å². The summed E-state index contributed by atoms with van der Waals surface area (Å²) in [4.78, 5) is 2.16. The van der Waals surface area contributed by atoms with Gasteiger partial charge in [-0.3, -0.25) is 0 Å². The van der Waals surface area contributed by atoms with Crippen LogP contribution in [0.3, 0.4) is 0 Å². The van der Waals surface area contributed by atoms with Gasteiger partial charge < -0.3 is 0 Å². The van der Waals surface area contributed by atoms with Gasteiger partial charge in [0, 0.05) is 30.7 Å². The summed E-state index contributed by atoms with van der Waals surface area (Å²) in [6, 6.07) is 10.2. The molecule has 2 aliphatic heterocycles. The summed E-state index contributed by atoms with van der Waals surface area (Å²) in [7, 11) is 0. The zero-order chi connectivity index (χ0) is 23.9. The average molecular weight is 497 g/mol. The molecule has 2 aliphatic carbocycles. The molecule has 0 spiro atoms. The predicted octanol–water partition coefficient (Wildman–Crippen LogP) is 8.17. The van der Waals surface area contributed by atoms with Crippen molar-refractivity contribution in [3.05, 3.63) is 79.6 Å². The summed E-state index contributed by atoms with van der Waals surface area (Å²) < 4.78 is 92.1.